The lowest BCUT2D eigenvalue weighted by Crippen LogP contribution is -2.16. The van der Waals surface area contributed by atoms with E-state index in [0.717, 1.165) is 5.69 Å². The van der Waals surface area contributed by atoms with Gasteiger partial charge in [-0.3, -0.25) is 9.36 Å². The molecule has 0 aliphatic heterocycles. The number of rotatable bonds is 5. The third kappa shape index (κ3) is 2.65. The molecule has 1 aromatic heterocycles. The Kier molecular flexibility index (Phi) is 4.28. The number of nitrogens with two attached hydrogens (primary N) is 2. The van der Waals surface area contributed by atoms with Crippen molar-refractivity contribution >= 4 is 5.91 Å². The van der Waals surface area contributed by atoms with Crippen molar-refractivity contribution in [3.05, 3.63) is 18.2 Å². The predicted molar refractivity (Wildman–Crippen MR) is 53.9 cm³/mol. The van der Waals surface area contributed by atoms with Crippen LogP contribution in [0.25, 0.3) is 0 Å². The van der Waals surface area contributed by atoms with E-state index < -0.39 is 0 Å². The topological polar surface area (TPSA) is 86.9 Å². The molecule has 78 valence electrons. The third-order valence-corrected chi connectivity index (χ3v) is 1.98. The molecule has 5 nitrogen and oxygen atoms in total. The van der Waals surface area contributed by atoms with E-state index in [2.05, 4.69) is 4.98 Å². The summed E-state index contributed by atoms with van der Waals surface area (Å²) in [7, 11) is 0. The Morgan fingerprint density at radius 1 is 1.43 bits per heavy atom. The predicted octanol–water partition coefficient (Wildman–Crippen LogP) is -0.237. The summed E-state index contributed by atoms with van der Waals surface area (Å²) in [5.41, 5.74) is 11.6. The van der Waals surface area contributed by atoms with Crippen molar-refractivity contribution < 1.29 is 4.79 Å². The fraction of sp³-hybridized carbons (Fsp3) is 0.556. The normalized spacial score (nSPS) is 10.4. The van der Waals surface area contributed by atoms with E-state index in [4.69, 9.17) is 11.5 Å². The molecule has 14 heavy (non-hydrogen) atoms. The van der Waals surface area contributed by atoms with Crippen molar-refractivity contribution in [2.45, 2.75) is 19.3 Å². The van der Waals surface area contributed by atoms with Gasteiger partial charge in [0, 0.05) is 24.7 Å². The van der Waals surface area contributed by atoms with Gasteiger partial charge in [0.05, 0.1) is 0 Å². The summed E-state index contributed by atoms with van der Waals surface area (Å²) in [5, 5.41) is 0. The second-order valence-corrected chi connectivity index (χ2v) is 3.08. The Balaban J connectivity index is 2.63. The maximum Gasteiger partial charge on any atom is 0.232 e. The lowest BCUT2D eigenvalue weighted by atomic mass is 10.2. The van der Waals surface area contributed by atoms with Crippen LogP contribution in [-0.4, -0.2) is 28.5 Å². The number of nitrogens with zero attached hydrogens (tertiary/aromatic N) is 2. The zero-order chi connectivity index (χ0) is 10.4. The molecule has 1 rings (SSSR count). The van der Waals surface area contributed by atoms with Gasteiger partial charge in [-0.1, -0.05) is 0 Å². The molecule has 1 heterocycles. The first kappa shape index (κ1) is 10.9. The van der Waals surface area contributed by atoms with Crippen molar-refractivity contribution in [2.24, 2.45) is 11.5 Å². The molecule has 0 spiro atoms. The van der Waals surface area contributed by atoms with Crippen molar-refractivity contribution in [3.8, 4) is 0 Å². The van der Waals surface area contributed by atoms with Crippen molar-refractivity contribution in [2.75, 3.05) is 13.1 Å². The summed E-state index contributed by atoms with van der Waals surface area (Å²) in [5.74, 6) is 0.0383. The molecule has 0 saturated carbocycles. The molecule has 0 aliphatic carbocycles. The van der Waals surface area contributed by atoms with Crippen LogP contribution in [0.3, 0.4) is 0 Å². The number of hydrogen-bond acceptors (Lipinski definition) is 4. The monoisotopic (exact) mass is 196 g/mol. The van der Waals surface area contributed by atoms with Crippen LogP contribution >= 0.6 is 0 Å². The van der Waals surface area contributed by atoms with Crippen LogP contribution in [0.1, 0.15) is 23.3 Å². The highest BCUT2D eigenvalue weighted by Gasteiger charge is 2.08. The van der Waals surface area contributed by atoms with Crippen LogP contribution in [-0.2, 0) is 6.42 Å². The van der Waals surface area contributed by atoms with Crippen LogP contribution in [0, 0.1) is 0 Å². The van der Waals surface area contributed by atoms with Crippen LogP contribution in [0.5, 0.6) is 0 Å². The first-order chi connectivity index (χ1) is 6.79. The summed E-state index contributed by atoms with van der Waals surface area (Å²) >= 11 is 0. The first-order valence-electron chi connectivity index (χ1n) is 4.74. The van der Waals surface area contributed by atoms with Crippen molar-refractivity contribution in [1.82, 2.24) is 9.55 Å². The minimum atomic E-state index is 0.0383. The molecule has 1 aromatic rings. The van der Waals surface area contributed by atoms with E-state index in [1.54, 1.807) is 10.8 Å². The average molecular weight is 196 g/mol. The van der Waals surface area contributed by atoms with Gasteiger partial charge in [0.15, 0.2) is 0 Å². The molecular formula is C9H16N4O. The average Bonchev–Trinajstić information content (AvgIpc) is 2.63. The smallest absolute Gasteiger partial charge is 0.232 e. The van der Waals surface area contributed by atoms with Crippen LogP contribution < -0.4 is 11.5 Å². The molecule has 5 heteroatoms. The lowest BCUT2D eigenvalue weighted by molar-refractivity contribution is 0.0897. The van der Waals surface area contributed by atoms with Crippen molar-refractivity contribution in [3.63, 3.8) is 0 Å². The Labute approximate surface area is 83.1 Å². The summed E-state index contributed by atoms with van der Waals surface area (Å²) < 4.78 is 1.56. The highest BCUT2D eigenvalue weighted by Crippen LogP contribution is 2.02. The molecule has 0 aromatic carbocycles. The zero-order valence-electron chi connectivity index (χ0n) is 8.15. The standard InChI is InChI=1S/C9H16N4O/c10-4-1-2-9(14)13-7-12-6-8(13)3-5-11/h6-7H,1-5,10-11H2. The maximum atomic E-state index is 11.6. The van der Waals surface area contributed by atoms with E-state index in [9.17, 15) is 4.79 Å². The van der Waals surface area contributed by atoms with Gasteiger partial charge in [0.2, 0.25) is 5.91 Å². The summed E-state index contributed by atoms with van der Waals surface area (Å²) in [6, 6.07) is 0. The van der Waals surface area contributed by atoms with Crippen LogP contribution in [0.4, 0.5) is 0 Å². The van der Waals surface area contributed by atoms with E-state index in [1.807, 2.05) is 0 Å². The zero-order valence-corrected chi connectivity index (χ0v) is 8.15. The summed E-state index contributed by atoms with van der Waals surface area (Å²) in [4.78, 5) is 15.5. The molecule has 0 radical (unpaired) electrons. The van der Waals surface area contributed by atoms with Gasteiger partial charge >= 0.3 is 0 Å². The molecule has 0 unspecified atom stereocenters. The SMILES string of the molecule is NCCCC(=O)n1cncc1CCN. The highest BCUT2D eigenvalue weighted by atomic mass is 16.2. The molecule has 0 fully saturated rings. The van der Waals surface area contributed by atoms with Gasteiger partial charge < -0.3 is 11.5 Å². The fourth-order valence-corrected chi connectivity index (χ4v) is 1.25. The van der Waals surface area contributed by atoms with Gasteiger partial charge in [0.25, 0.3) is 0 Å². The lowest BCUT2D eigenvalue weighted by Gasteiger charge is -2.04. The van der Waals surface area contributed by atoms with Gasteiger partial charge in [-0.25, -0.2) is 4.98 Å². The van der Waals surface area contributed by atoms with Gasteiger partial charge in [-0.2, -0.15) is 0 Å². The molecule has 0 amide bonds. The molecule has 0 saturated heterocycles. The van der Waals surface area contributed by atoms with Crippen LogP contribution in [0.2, 0.25) is 0 Å². The largest absolute Gasteiger partial charge is 0.330 e. The number of imidazole rings is 1. The number of aromatic nitrogens is 2. The minimum Gasteiger partial charge on any atom is -0.330 e. The quantitative estimate of drug-likeness (QED) is 0.680. The Bertz CT molecular complexity index is 295. The minimum absolute atomic E-state index is 0.0383. The molecule has 4 N–H and O–H groups in total. The maximum absolute atomic E-state index is 11.6. The Morgan fingerprint density at radius 2 is 2.21 bits per heavy atom. The first-order valence-corrected chi connectivity index (χ1v) is 4.74. The molecule has 0 atom stereocenters. The third-order valence-electron chi connectivity index (χ3n) is 1.98. The van der Waals surface area contributed by atoms with Crippen molar-refractivity contribution in [1.29, 1.82) is 0 Å². The van der Waals surface area contributed by atoms with Gasteiger partial charge in [-0.15, -0.1) is 0 Å². The van der Waals surface area contributed by atoms with Gasteiger partial charge in [-0.05, 0) is 19.5 Å². The number of hydrogen-bond donors (Lipinski definition) is 2. The van der Waals surface area contributed by atoms with E-state index in [1.165, 1.54) is 6.33 Å². The van der Waals surface area contributed by atoms with E-state index >= 15 is 0 Å². The molecule has 0 bridgehead atoms. The molecule has 0 aliphatic rings. The Morgan fingerprint density at radius 3 is 2.86 bits per heavy atom. The van der Waals surface area contributed by atoms with E-state index in [0.29, 0.717) is 32.4 Å². The highest BCUT2D eigenvalue weighted by molar-refractivity contribution is 5.79. The second kappa shape index (κ2) is 5.51. The summed E-state index contributed by atoms with van der Waals surface area (Å²) in [6.07, 6.45) is 5.05. The Hall–Kier alpha value is -1.20. The van der Waals surface area contributed by atoms with Gasteiger partial charge in [0.1, 0.15) is 6.33 Å². The number of carbonyl (C=O) groups excluding carboxylic acids is 1. The number of carbonyl (C=O) groups is 1. The van der Waals surface area contributed by atoms with Crippen LogP contribution in [0.15, 0.2) is 12.5 Å². The second-order valence-electron chi connectivity index (χ2n) is 3.08. The van der Waals surface area contributed by atoms with E-state index in [-0.39, 0.29) is 5.91 Å². The summed E-state index contributed by atoms with van der Waals surface area (Å²) in [6.45, 7) is 1.06. The molecular weight excluding hydrogens is 180 g/mol. The fourth-order valence-electron chi connectivity index (χ4n) is 1.25.